The highest BCUT2D eigenvalue weighted by Crippen LogP contribution is 2.52. The lowest BCUT2D eigenvalue weighted by molar-refractivity contribution is -0.149. The van der Waals surface area contributed by atoms with Crippen molar-refractivity contribution in [2.45, 2.75) is 27.7 Å². The molecule has 0 aromatic heterocycles. The number of hydrogen-bond donors (Lipinski definition) is 1. The summed E-state index contributed by atoms with van der Waals surface area (Å²) in [5.41, 5.74) is 0. The van der Waals surface area contributed by atoms with Crippen molar-refractivity contribution in [3.05, 3.63) is 0 Å². The first-order valence-electron chi connectivity index (χ1n) is 7.91. The summed E-state index contributed by atoms with van der Waals surface area (Å²) in [5, 5.41) is 8.43. The molecule has 0 aliphatic carbocycles. The van der Waals surface area contributed by atoms with Crippen molar-refractivity contribution >= 4 is 58.2 Å². The van der Waals surface area contributed by atoms with Gasteiger partial charge < -0.3 is 19.1 Å². The Labute approximate surface area is 175 Å². The van der Waals surface area contributed by atoms with E-state index in [0.717, 1.165) is 0 Å². The molecule has 0 rings (SSSR count). The maximum Gasteiger partial charge on any atom is 0.310 e. The fourth-order valence-electron chi connectivity index (χ4n) is 0.957. The fourth-order valence-corrected chi connectivity index (χ4v) is 1.62. The molecule has 0 aromatic rings. The molecule has 27 heavy (non-hydrogen) atoms. The summed E-state index contributed by atoms with van der Waals surface area (Å²) < 4.78 is 34.7. The van der Waals surface area contributed by atoms with Gasteiger partial charge in [-0.05, 0) is 61.4 Å². The molecule has 0 amide bonds. The predicted octanol–water partition coefficient (Wildman–Crippen LogP) is 4.73. The number of carbonyl (C=O) groups is 2. The van der Waals surface area contributed by atoms with Gasteiger partial charge in [0.25, 0.3) is 6.72 Å². The van der Waals surface area contributed by atoms with Crippen LogP contribution in [0.15, 0.2) is 0 Å². The summed E-state index contributed by atoms with van der Waals surface area (Å²) in [7, 11) is 0. The van der Waals surface area contributed by atoms with Crippen molar-refractivity contribution < 1.29 is 37.8 Å². The van der Waals surface area contributed by atoms with Crippen LogP contribution in [0.25, 0.3) is 0 Å². The summed E-state index contributed by atoms with van der Waals surface area (Å²) in [6.45, 7) is 6.84. The van der Waals surface area contributed by atoms with Gasteiger partial charge in [0, 0.05) is 13.3 Å². The maximum absolute atomic E-state index is 11.0. The summed E-state index contributed by atoms with van der Waals surface area (Å²) in [4.78, 5) is 21.6. The molecule has 0 aliphatic heterocycles. The lowest BCUT2D eigenvalue weighted by atomic mass is 10.2. The van der Waals surface area contributed by atoms with Crippen LogP contribution in [0.4, 0.5) is 0 Å². The number of halogens is 3. The highest BCUT2D eigenvalue weighted by atomic mass is 35.9. The molecule has 0 spiro atoms. The number of hydrogen-bond acceptors (Lipinski definition) is 8. The Hall–Kier alpha value is 0.190. The minimum atomic E-state index is -3.01. The van der Waals surface area contributed by atoms with E-state index in [1.807, 2.05) is 0 Å². The molecule has 0 saturated carbocycles. The lowest BCUT2D eigenvalue weighted by Crippen LogP contribution is -2.18. The van der Waals surface area contributed by atoms with Crippen LogP contribution in [0.1, 0.15) is 27.7 Å². The Bertz CT molecular complexity index is 498. The fraction of sp³-hybridized carbons (Fsp3) is 0.857. The standard InChI is InChI=1S/C7H14ClO4P.C6H12O3.CH3Cl2OP/c1-4-11-7(9)6(2)5-12-13(3,8)10;1-3-9-6(8)5(2)4-7;1-5(2,3)4/h6H,4-5H2,1-3H3;5,7H,3-4H2,1-2H3;1H3. The molecule has 0 fully saturated rings. The molecule has 13 heteroatoms. The van der Waals surface area contributed by atoms with Gasteiger partial charge in [-0.3, -0.25) is 18.7 Å². The zero-order valence-corrected chi connectivity index (χ0v) is 20.4. The van der Waals surface area contributed by atoms with E-state index in [1.165, 1.54) is 13.3 Å². The Morgan fingerprint density at radius 1 is 0.926 bits per heavy atom. The Morgan fingerprint density at radius 2 is 1.26 bits per heavy atom. The van der Waals surface area contributed by atoms with E-state index in [1.54, 1.807) is 27.7 Å². The first kappa shape index (κ1) is 31.9. The summed E-state index contributed by atoms with van der Waals surface area (Å²) in [5.74, 6) is -4.22. The molecular formula is C14H29Cl3O8P2. The van der Waals surface area contributed by atoms with Crippen LogP contribution in [-0.4, -0.2) is 56.8 Å². The number of aliphatic hydroxyl groups is 1. The third-order valence-electron chi connectivity index (χ3n) is 2.21. The minimum absolute atomic E-state index is 0.0239. The van der Waals surface area contributed by atoms with Crippen LogP contribution in [-0.2, 0) is 32.7 Å². The van der Waals surface area contributed by atoms with Crippen LogP contribution >= 0.6 is 46.3 Å². The Morgan fingerprint density at radius 3 is 1.52 bits per heavy atom. The second kappa shape index (κ2) is 17.1. The zero-order chi connectivity index (χ0) is 22.3. The van der Waals surface area contributed by atoms with Crippen LogP contribution < -0.4 is 0 Å². The van der Waals surface area contributed by atoms with Gasteiger partial charge in [0.1, 0.15) is 0 Å². The normalized spacial score (nSPS) is 14.9. The molecular weight excluding hydrogens is 464 g/mol. The number of esters is 2. The van der Waals surface area contributed by atoms with Gasteiger partial charge in [0.15, 0.2) is 0 Å². The maximum atomic E-state index is 11.0. The quantitative estimate of drug-likeness (QED) is 0.381. The van der Waals surface area contributed by atoms with Crippen molar-refractivity contribution in [1.29, 1.82) is 0 Å². The van der Waals surface area contributed by atoms with E-state index in [2.05, 4.69) is 4.74 Å². The summed E-state index contributed by atoms with van der Waals surface area (Å²) in [6, 6.07) is 0. The topological polar surface area (TPSA) is 116 Å². The van der Waals surface area contributed by atoms with E-state index in [0.29, 0.717) is 13.2 Å². The van der Waals surface area contributed by atoms with Gasteiger partial charge in [-0.1, -0.05) is 0 Å². The van der Waals surface area contributed by atoms with Gasteiger partial charge in [0.05, 0.1) is 38.3 Å². The van der Waals surface area contributed by atoms with Gasteiger partial charge in [-0.15, -0.1) is 0 Å². The van der Waals surface area contributed by atoms with Crippen LogP contribution in [0.3, 0.4) is 0 Å². The van der Waals surface area contributed by atoms with Gasteiger partial charge in [-0.25, -0.2) is 0 Å². The molecule has 0 heterocycles. The van der Waals surface area contributed by atoms with Gasteiger partial charge in [0.2, 0.25) is 5.85 Å². The second-order valence-electron chi connectivity index (χ2n) is 5.25. The minimum Gasteiger partial charge on any atom is -0.466 e. The summed E-state index contributed by atoms with van der Waals surface area (Å²) in [6.07, 6.45) is 0. The summed E-state index contributed by atoms with van der Waals surface area (Å²) >= 11 is 15.0. The average molecular weight is 494 g/mol. The van der Waals surface area contributed by atoms with E-state index < -0.39 is 18.5 Å². The SMILES string of the molecule is CCOC(=O)C(C)CO.CCOC(=O)C(C)COP(C)(=O)Cl.CP(=O)(Cl)Cl. The molecule has 0 radical (unpaired) electrons. The Kier molecular flexibility index (Phi) is 20.2. The lowest BCUT2D eigenvalue weighted by Gasteiger charge is -2.11. The van der Waals surface area contributed by atoms with E-state index in [4.69, 9.17) is 48.1 Å². The molecule has 0 saturated heterocycles. The molecule has 164 valence electrons. The third-order valence-corrected chi connectivity index (χ3v) is 3.11. The molecule has 3 atom stereocenters. The van der Waals surface area contributed by atoms with E-state index in [9.17, 15) is 18.7 Å². The Balaban J connectivity index is -0.000000356. The predicted molar refractivity (Wildman–Crippen MR) is 109 cm³/mol. The van der Waals surface area contributed by atoms with Gasteiger partial charge >= 0.3 is 11.9 Å². The molecule has 3 unspecified atom stereocenters. The van der Waals surface area contributed by atoms with Crippen molar-refractivity contribution in [3.8, 4) is 0 Å². The van der Waals surface area contributed by atoms with Crippen molar-refractivity contribution in [1.82, 2.24) is 0 Å². The molecule has 0 bridgehead atoms. The van der Waals surface area contributed by atoms with Crippen molar-refractivity contribution in [3.63, 3.8) is 0 Å². The monoisotopic (exact) mass is 492 g/mol. The third kappa shape index (κ3) is 31.1. The van der Waals surface area contributed by atoms with Crippen LogP contribution in [0, 0.1) is 11.8 Å². The highest BCUT2D eigenvalue weighted by Gasteiger charge is 2.18. The van der Waals surface area contributed by atoms with E-state index >= 15 is 0 Å². The molecule has 0 aliphatic rings. The highest BCUT2D eigenvalue weighted by molar-refractivity contribution is 8.08. The van der Waals surface area contributed by atoms with E-state index in [-0.39, 0.29) is 31.1 Å². The van der Waals surface area contributed by atoms with Gasteiger partial charge in [-0.2, -0.15) is 0 Å². The van der Waals surface area contributed by atoms with Crippen molar-refractivity contribution in [2.75, 3.05) is 39.8 Å². The largest absolute Gasteiger partial charge is 0.466 e. The zero-order valence-electron chi connectivity index (χ0n) is 16.3. The first-order chi connectivity index (χ1) is 12.1. The van der Waals surface area contributed by atoms with Crippen LogP contribution in [0.5, 0.6) is 0 Å². The number of rotatable bonds is 8. The number of aliphatic hydroxyl groups excluding tert-OH is 1. The molecule has 0 aromatic carbocycles. The molecule has 8 nitrogen and oxygen atoms in total. The smallest absolute Gasteiger partial charge is 0.310 e. The average Bonchev–Trinajstić information content (AvgIpc) is 2.50. The number of ether oxygens (including phenoxy) is 2. The van der Waals surface area contributed by atoms with Crippen molar-refractivity contribution in [2.24, 2.45) is 11.8 Å². The second-order valence-corrected chi connectivity index (χ2v) is 14.7. The first-order valence-corrected chi connectivity index (χ1v) is 14.9. The number of carbonyl (C=O) groups excluding carboxylic acids is 2. The van der Waals surface area contributed by atoms with Crippen LogP contribution in [0.2, 0.25) is 0 Å². The molecule has 1 N–H and O–H groups in total.